The van der Waals surface area contributed by atoms with E-state index in [-0.39, 0.29) is 5.78 Å². The zero-order valence-electron chi connectivity index (χ0n) is 7.42. The third kappa shape index (κ3) is 4.26. The number of halogens is 1. The Balaban J connectivity index is 2.37. The summed E-state index contributed by atoms with van der Waals surface area (Å²) in [5.41, 5.74) is 0. The Labute approximate surface area is 91.4 Å². The number of hydrogen-bond acceptors (Lipinski definition) is 2. The van der Waals surface area contributed by atoms with Gasteiger partial charge in [0.05, 0.1) is 6.61 Å². The van der Waals surface area contributed by atoms with Gasteiger partial charge in [-0.25, -0.2) is 0 Å². The van der Waals surface area contributed by atoms with E-state index in [1.165, 1.54) is 3.57 Å². The van der Waals surface area contributed by atoms with Crippen molar-refractivity contribution in [3.05, 3.63) is 27.8 Å². The van der Waals surface area contributed by atoms with Crippen LogP contribution in [0.4, 0.5) is 0 Å². The lowest BCUT2D eigenvalue weighted by atomic mass is 10.3. The van der Waals surface area contributed by atoms with E-state index in [9.17, 15) is 4.79 Å². The maximum atomic E-state index is 10.6. The summed E-state index contributed by atoms with van der Waals surface area (Å²) in [4.78, 5) is 10.6. The zero-order valence-corrected chi connectivity index (χ0v) is 9.58. The molecule has 0 spiro atoms. The number of Topliss-reactive ketones (excluding diaryl/α,β-unsaturated/α-hetero) is 1. The van der Waals surface area contributed by atoms with Gasteiger partial charge in [-0.15, -0.1) is 0 Å². The normalized spacial score (nSPS) is 9.69. The maximum Gasteiger partial charge on any atom is 0.133 e. The number of carbonyl (C=O) groups excluding carboxylic acids is 1. The summed E-state index contributed by atoms with van der Waals surface area (Å²) in [6.45, 7) is 2.03. The maximum absolute atomic E-state index is 10.6. The zero-order chi connectivity index (χ0) is 9.68. The van der Waals surface area contributed by atoms with Gasteiger partial charge in [-0.05, 0) is 53.8 Å². The van der Waals surface area contributed by atoms with Gasteiger partial charge in [0.15, 0.2) is 0 Å². The van der Waals surface area contributed by atoms with E-state index >= 15 is 0 Å². The first-order valence-corrected chi connectivity index (χ1v) is 5.14. The van der Waals surface area contributed by atoms with Gasteiger partial charge in [0.25, 0.3) is 0 Å². The standard InChI is InChI=1S/C10H11IO2/c1-8(12)6-7-13-10-4-2-9(11)3-5-10/h2-5H,6-7H2,1H3. The lowest BCUT2D eigenvalue weighted by Crippen LogP contribution is -2.02. The van der Waals surface area contributed by atoms with Crippen molar-refractivity contribution in [3.8, 4) is 5.75 Å². The van der Waals surface area contributed by atoms with Crippen molar-refractivity contribution in [3.63, 3.8) is 0 Å². The first-order chi connectivity index (χ1) is 6.18. The molecule has 1 rings (SSSR count). The molecule has 3 heteroatoms. The van der Waals surface area contributed by atoms with Gasteiger partial charge >= 0.3 is 0 Å². The third-order valence-electron chi connectivity index (χ3n) is 1.54. The second-order valence-electron chi connectivity index (χ2n) is 2.75. The first-order valence-electron chi connectivity index (χ1n) is 4.06. The lowest BCUT2D eigenvalue weighted by Gasteiger charge is -2.03. The van der Waals surface area contributed by atoms with Crippen LogP contribution in [0.15, 0.2) is 24.3 Å². The predicted molar refractivity (Wildman–Crippen MR) is 60.0 cm³/mol. The average Bonchev–Trinajstić information content (AvgIpc) is 2.08. The second kappa shape index (κ2) is 5.21. The number of ether oxygens (including phenoxy) is 1. The average molecular weight is 290 g/mol. The minimum absolute atomic E-state index is 0.158. The smallest absolute Gasteiger partial charge is 0.133 e. The van der Waals surface area contributed by atoms with Crippen LogP contribution in [0.2, 0.25) is 0 Å². The van der Waals surface area contributed by atoms with Crippen LogP contribution in [0.1, 0.15) is 13.3 Å². The van der Waals surface area contributed by atoms with E-state index in [4.69, 9.17) is 4.74 Å². The Bertz CT molecular complexity index is 279. The Morgan fingerprint density at radius 1 is 1.38 bits per heavy atom. The molecule has 0 aliphatic rings. The van der Waals surface area contributed by atoms with Crippen LogP contribution in [0.3, 0.4) is 0 Å². The fraction of sp³-hybridized carbons (Fsp3) is 0.300. The molecular weight excluding hydrogens is 279 g/mol. The SMILES string of the molecule is CC(=O)CCOc1ccc(I)cc1. The highest BCUT2D eigenvalue weighted by Crippen LogP contribution is 2.13. The molecule has 0 aliphatic heterocycles. The van der Waals surface area contributed by atoms with Crippen molar-refractivity contribution in [2.24, 2.45) is 0 Å². The molecule has 0 saturated carbocycles. The monoisotopic (exact) mass is 290 g/mol. The number of carbonyl (C=O) groups is 1. The minimum Gasteiger partial charge on any atom is -0.493 e. The van der Waals surface area contributed by atoms with Gasteiger partial charge in [0.2, 0.25) is 0 Å². The summed E-state index contributed by atoms with van der Waals surface area (Å²) in [7, 11) is 0. The first kappa shape index (κ1) is 10.5. The van der Waals surface area contributed by atoms with Crippen LogP contribution in [-0.2, 0) is 4.79 Å². The van der Waals surface area contributed by atoms with Crippen molar-refractivity contribution >= 4 is 28.4 Å². The van der Waals surface area contributed by atoms with Crippen molar-refractivity contribution in [2.75, 3.05) is 6.61 Å². The van der Waals surface area contributed by atoms with Gasteiger partial charge < -0.3 is 4.74 Å². The second-order valence-corrected chi connectivity index (χ2v) is 4.00. The molecule has 0 amide bonds. The van der Waals surface area contributed by atoms with Crippen LogP contribution in [0.5, 0.6) is 5.75 Å². The molecule has 13 heavy (non-hydrogen) atoms. The molecule has 0 fully saturated rings. The van der Waals surface area contributed by atoms with Gasteiger partial charge in [-0.3, -0.25) is 4.79 Å². The lowest BCUT2D eigenvalue weighted by molar-refractivity contribution is -0.117. The van der Waals surface area contributed by atoms with E-state index in [0.29, 0.717) is 13.0 Å². The van der Waals surface area contributed by atoms with E-state index < -0.39 is 0 Å². The Morgan fingerprint density at radius 2 is 2.00 bits per heavy atom. The summed E-state index contributed by atoms with van der Waals surface area (Å²) >= 11 is 2.24. The summed E-state index contributed by atoms with van der Waals surface area (Å²) in [5, 5.41) is 0. The quantitative estimate of drug-likeness (QED) is 0.797. The Morgan fingerprint density at radius 3 is 2.54 bits per heavy atom. The van der Waals surface area contributed by atoms with Crippen molar-refractivity contribution in [2.45, 2.75) is 13.3 Å². The van der Waals surface area contributed by atoms with E-state index in [1.807, 2.05) is 24.3 Å². The molecule has 0 aromatic heterocycles. The molecule has 0 bridgehead atoms. The van der Waals surface area contributed by atoms with Gasteiger partial charge in [-0.2, -0.15) is 0 Å². The Hall–Kier alpha value is -0.580. The number of hydrogen-bond donors (Lipinski definition) is 0. The highest BCUT2D eigenvalue weighted by Gasteiger charge is 1.95. The molecular formula is C10H11IO2. The van der Waals surface area contributed by atoms with Crippen LogP contribution in [-0.4, -0.2) is 12.4 Å². The molecule has 70 valence electrons. The molecule has 0 N–H and O–H groups in total. The highest BCUT2D eigenvalue weighted by molar-refractivity contribution is 14.1. The molecule has 1 aromatic rings. The van der Waals surface area contributed by atoms with Crippen LogP contribution < -0.4 is 4.74 Å². The van der Waals surface area contributed by atoms with E-state index in [2.05, 4.69) is 22.6 Å². The number of ketones is 1. The van der Waals surface area contributed by atoms with Crippen LogP contribution in [0.25, 0.3) is 0 Å². The molecule has 2 nitrogen and oxygen atoms in total. The fourth-order valence-electron chi connectivity index (χ4n) is 0.843. The predicted octanol–water partition coefficient (Wildman–Crippen LogP) is 2.65. The van der Waals surface area contributed by atoms with Gasteiger partial charge in [0, 0.05) is 9.99 Å². The minimum atomic E-state index is 0.158. The summed E-state index contributed by atoms with van der Waals surface area (Å²) in [6, 6.07) is 7.76. The summed E-state index contributed by atoms with van der Waals surface area (Å²) < 4.78 is 6.52. The van der Waals surface area contributed by atoms with Crippen molar-refractivity contribution in [1.82, 2.24) is 0 Å². The molecule has 0 saturated heterocycles. The molecule has 0 aliphatic carbocycles. The van der Waals surface area contributed by atoms with E-state index in [0.717, 1.165) is 5.75 Å². The highest BCUT2D eigenvalue weighted by atomic mass is 127. The largest absolute Gasteiger partial charge is 0.493 e. The molecule has 0 heterocycles. The molecule has 0 atom stereocenters. The summed E-state index contributed by atoms with van der Waals surface area (Å²) in [6.07, 6.45) is 0.478. The van der Waals surface area contributed by atoms with E-state index in [1.54, 1.807) is 6.92 Å². The van der Waals surface area contributed by atoms with Crippen molar-refractivity contribution < 1.29 is 9.53 Å². The Kier molecular flexibility index (Phi) is 4.21. The fourth-order valence-corrected chi connectivity index (χ4v) is 1.20. The molecule has 1 aromatic carbocycles. The topological polar surface area (TPSA) is 26.3 Å². The molecule has 0 radical (unpaired) electrons. The third-order valence-corrected chi connectivity index (χ3v) is 2.26. The summed E-state index contributed by atoms with van der Waals surface area (Å²) in [5.74, 6) is 0.979. The van der Waals surface area contributed by atoms with Crippen molar-refractivity contribution in [1.29, 1.82) is 0 Å². The van der Waals surface area contributed by atoms with Crippen LogP contribution in [0, 0.1) is 3.57 Å². The number of benzene rings is 1. The number of rotatable bonds is 4. The van der Waals surface area contributed by atoms with Gasteiger partial charge in [0.1, 0.15) is 11.5 Å². The van der Waals surface area contributed by atoms with Gasteiger partial charge in [-0.1, -0.05) is 0 Å². The molecule has 0 unspecified atom stereocenters. The van der Waals surface area contributed by atoms with Crippen LogP contribution >= 0.6 is 22.6 Å².